The average molecular weight is 153 g/mol. The molecule has 0 bridgehead atoms. The number of likely N-dealkylation sites (N-methyl/N-ethyl adjacent to an activating group) is 1. The highest BCUT2D eigenvalue weighted by Gasteiger charge is 2.46. The largest absolute Gasteiger partial charge is 0.369 e. The molecular formula is C8H11NO2. The van der Waals surface area contributed by atoms with Gasteiger partial charge in [0.1, 0.15) is 0 Å². The van der Waals surface area contributed by atoms with Crippen molar-refractivity contribution in [3.05, 3.63) is 0 Å². The molecule has 1 saturated heterocycles. The number of rotatable bonds is 0. The topological polar surface area (TPSA) is 40.5 Å². The van der Waals surface area contributed by atoms with E-state index < -0.39 is 5.60 Å². The van der Waals surface area contributed by atoms with Crippen molar-refractivity contribution in [3.63, 3.8) is 0 Å². The van der Waals surface area contributed by atoms with Gasteiger partial charge in [0.05, 0.1) is 0 Å². The maximum absolute atomic E-state index is 11.2. The van der Waals surface area contributed by atoms with Crippen LogP contribution in [0.25, 0.3) is 0 Å². The minimum atomic E-state index is -1.55. The van der Waals surface area contributed by atoms with Crippen LogP contribution in [0.4, 0.5) is 0 Å². The monoisotopic (exact) mass is 153 g/mol. The number of hydrogen-bond acceptors (Lipinski definition) is 2. The van der Waals surface area contributed by atoms with Crippen LogP contribution in [-0.4, -0.2) is 34.6 Å². The fourth-order valence-electron chi connectivity index (χ4n) is 1.26. The van der Waals surface area contributed by atoms with Crippen LogP contribution in [-0.2, 0) is 4.79 Å². The maximum atomic E-state index is 11.2. The van der Waals surface area contributed by atoms with Gasteiger partial charge >= 0.3 is 0 Å². The van der Waals surface area contributed by atoms with Crippen molar-refractivity contribution in [2.45, 2.75) is 25.0 Å². The Hall–Kier alpha value is -1.01. The van der Waals surface area contributed by atoms with Crippen molar-refractivity contribution in [2.75, 3.05) is 7.05 Å². The fourth-order valence-corrected chi connectivity index (χ4v) is 1.26. The lowest BCUT2D eigenvalue weighted by Crippen LogP contribution is -2.37. The van der Waals surface area contributed by atoms with E-state index in [2.05, 4.69) is 5.92 Å². The lowest BCUT2D eigenvalue weighted by Gasteiger charge is -2.14. The summed E-state index contributed by atoms with van der Waals surface area (Å²) in [6.07, 6.45) is 5.37. The summed E-state index contributed by atoms with van der Waals surface area (Å²) in [6.45, 7) is 1.85. The summed E-state index contributed by atoms with van der Waals surface area (Å²) in [6, 6.07) is 0.0311. The SMILES string of the molecule is C#C[C@@]1(O)CC(C)N(C)C1=O. The van der Waals surface area contributed by atoms with Crippen LogP contribution in [0.1, 0.15) is 13.3 Å². The first-order chi connectivity index (χ1) is 5.01. The first-order valence-electron chi connectivity index (χ1n) is 3.48. The molecule has 1 rings (SSSR count). The normalized spacial score (nSPS) is 37.5. The van der Waals surface area contributed by atoms with Crippen molar-refractivity contribution in [2.24, 2.45) is 0 Å². The van der Waals surface area contributed by atoms with Gasteiger partial charge in [-0.05, 0) is 6.92 Å². The molecule has 1 heterocycles. The standard InChI is InChI=1S/C8H11NO2/c1-4-8(11)5-6(2)9(3)7(8)10/h1,6,11H,5H2,2-3H3/t6?,8-/m1/s1. The van der Waals surface area contributed by atoms with Gasteiger partial charge in [-0.25, -0.2) is 0 Å². The number of aliphatic hydroxyl groups is 1. The lowest BCUT2D eigenvalue weighted by atomic mass is 10.0. The molecule has 0 aromatic rings. The molecule has 1 N–H and O–H groups in total. The predicted octanol–water partition coefficient (Wildman–Crippen LogP) is -0.399. The number of carbonyl (C=O) groups excluding carboxylic acids is 1. The molecule has 1 unspecified atom stereocenters. The van der Waals surface area contributed by atoms with Gasteiger partial charge in [-0.3, -0.25) is 4.79 Å². The molecule has 60 valence electrons. The van der Waals surface area contributed by atoms with E-state index in [1.807, 2.05) is 6.92 Å². The minimum absolute atomic E-state index is 0.0311. The summed E-state index contributed by atoms with van der Waals surface area (Å²) >= 11 is 0. The zero-order valence-electron chi connectivity index (χ0n) is 6.66. The molecule has 11 heavy (non-hydrogen) atoms. The summed E-state index contributed by atoms with van der Waals surface area (Å²) in [4.78, 5) is 12.7. The lowest BCUT2D eigenvalue weighted by molar-refractivity contribution is -0.138. The van der Waals surface area contributed by atoms with Crippen molar-refractivity contribution in [1.29, 1.82) is 0 Å². The van der Waals surface area contributed by atoms with E-state index in [1.165, 1.54) is 4.90 Å². The minimum Gasteiger partial charge on any atom is -0.369 e. The van der Waals surface area contributed by atoms with Crippen molar-refractivity contribution >= 4 is 5.91 Å². The van der Waals surface area contributed by atoms with Crippen molar-refractivity contribution < 1.29 is 9.90 Å². The van der Waals surface area contributed by atoms with Gasteiger partial charge in [0.2, 0.25) is 5.60 Å². The van der Waals surface area contributed by atoms with Gasteiger partial charge in [-0.1, -0.05) is 5.92 Å². The van der Waals surface area contributed by atoms with Crippen LogP contribution in [0.5, 0.6) is 0 Å². The highest BCUT2D eigenvalue weighted by atomic mass is 16.3. The van der Waals surface area contributed by atoms with Gasteiger partial charge in [-0.2, -0.15) is 0 Å². The quantitative estimate of drug-likeness (QED) is 0.481. The van der Waals surface area contributed by atoms with E-state index in [0.717, 1.165) is 0 Å². The molecule has 1 amide bonds. The van der Waals surface area contributed by atoms with Gasteiger partial charge in [0.25, 0.3) is 5.91 Å². The molecule has 0 aliphatic carbocycles. The first kappa shape index (κ1) is 8.09. The number of hydrogen-bond donors (Lipinski definition) is 1. The summed E-state index contributed by atoms with van der Waals surface area (Å²) in [5.41, 5.74) is -1.55. The Morgan fingerprint density at radius 3 is 2.64 bits per heavy atom. The van der Waals surface area contributed by atoms with E-state index >= 15 is 0 Å². The van der Waals surface area contributed by atoms with E-state index in [1.54, 1.807) is 7.05 Å². The molecule has 1 aliphatic rings. The molecule has 1 fully saturated rings. The van der Waals surface area contributed by atoms with Gasteiger partial charge in [-0.15, -0.1) is 6.42 Å². The van der Waals surface area contributed by atoms with Gasteiger partial charge in [0.15, 0.2) is 0 Å². The third-order valence-electron chi connectivity index (χ3n) is 2.16. The molecular weight excluding hydrogens is 142 g/mol. The average Bonchev–Trinajstić information content (AvgIpc) is 2.17. The molecule has 0 aromatic carbocycles. The molecule has 3 nitrogen and oxygen atoms in total. The molecule has 0 aromatic heterocycles. The summed E-state index contributed by atoms with van der Waals surface area (Å²) in [5.74, 6) is 1.75. The molecule has 3 heteroatoms. The zero-order valence-corrected chi connectivity index (χ0v) is 6.66. The Balaban J connectivity index is 2.93. The third-order valence-corrected chi connectivity index (χ3v) is 2.16. The summed E-state index contributed by atoms with van der Waals surface area (Å²) < 4.78 is 0. The van der Waals surface area contributed by atoms with Crippen LogP contribution in [0.15, 0.2) is 0 Å². The molecule has 0 radical (unpaired) electrons. The second kappa shape index (κ2) is 2.24. The number of likely N-dealkylation sites (tertiary alicyclic amines) is 1. The smallest absolute Gasteiger partial charge is 0.267 e. The second-order valence-corrected chi connectivity index (χ2v) is 2.97. The fraction of sp³-hybridized carbons (Fsp3) is 0.625. The summed E-state index contributed by atoms with van der Waals surface area (Å²) in [5, 5.41) is 9.48. The molecule has 1 aliphatic heterocycles. The first-order valence-corrected chi connectivity index (χ1v) is 3.48. The number of terminal acetylenes is 1. The van der Waals surface area contributed by atoms with Crippen LogP contribution in [0, 0.1) is 12.3 Å². The Kier molecular flexibility index (Phi) is 1.65. The number of amides is 1. The zero-order chi connectivity index (χ0) is 8.65. The van der Waals surface area contributed by atoms with Crippen LogP contribution in [0.2, 0.25) is 0 Å². The molecule has 2 atom stereocenters. The van der Waals surface area contributed by atoms with Gasteiger partial charge < -0.3 is 10.0 Å². The molecule has 0 spiro atoms. The Morgan fingerprint density at radius 2 is 2.45 bits per heavy atom. The van der Waals surface area contributed by atoms with E-state index in [9.17, 15) is 9.90 Å². The predicted molar refractivity (Wildman–Crippen MR) is 40.6 cm³/mol. The van der Waals surface area contributed by atoms with Crippen LogP contribution >= 0.6 is 0 Å². The number of carbonyl (C=O) groups is 1. The van der Waals surface area contributed by atoms with Crippen molar-refractivity contribution in [3.8, 4) is 12.3 Å². The highest BCUT2D eigenvalue weighted by Crippen LogP contribution is 2.25. The number of nitrogens with zero attached hydrogens (tertiary/aromatic N) is 1. The Labute approximate surface area is 66.0 Å². The van der Waals surface area contributed by atoms with E-state index in [-0.39, 0.29) is 11.9 Å². The Morgan fingerprint density at radius 1 is 1.91 bits per heavy atom. The van der Waals surface area contributed by atoms with Crippen LogP contribution in [0.3, 0.4) is 0 Å². The molecule has 0 saturated carbocycles. The van der Waals surface area contributed by atoms with E-state index in [0.29, 0.717) is 6.42 Å². The highest BCUT2D eigenvalue weighted by molar-refractivity contribution is 5.90. The third kappa shape index (κ3) is 0.997. The maximum Gasteiger partial charge on any atom is 0.267 e. The second-order valence-electron chi connectivity index (χ2n) is 2.97. The van der Waals surface area contributed by atoms with Crippen molar-refractivity contribution in [1.82, 2.24) is 4.90 Å². The van der Waals surface area contributed by atoms with Crippen LogP contribution < -0.4 is 0 Å². The Bertz CT molecular complexity index is 231. The van der Waals surface area contributed by atoms with Gasteiger partial charge in [0, 0.05) is 19.5 Å². The summed E-state index contributed by atoms with van der Waals surface area (Å²) in [7, 11) is 1.64. The van der Waals surface area contributed by atoms with E-state index in [4.69, 9.17) is 6.42 Å².